The van der Waals surface area contributed by atoms with Crippen molar-refractivity contribution in [3.8, 4) is 5.69 Å². The molecular formula is C23H21FN6O. The summed E-state index contributed by atoms with van der Waals surface area (Å²) in [5.74, 6) is 0.265. The molecule has 0 aliphatic heterocycles. The molecule has 0 aliphatic rings. The molecule has 0 unspecified atom stereocenters. The third-order valence-electron chi connectivity index (χ3n) is 5.09. The number of benzene rings is 2. The molecule has 4 N–H and O–H groups in total. The van der Waals surface area contributed by atoms with E-state index in [2.05, 4.69) is 15.3 Å². The number of rotatable bonds is 6. The van der Waals surface area contributed by atoms with E-state index in [1.807, 2.05) is 61.5 Å². The van der Waals surface area contributed by atoms with Crippen molar-refractivity contribution in [3.63, 3.8) is 0 Å². The topological polar surface area (TPSA) is 110 Å². The molecule has 0 fully saturated rings. The molecule has 2 heterocycles. The molecule has 2 aromatic heterocycles. The molecule has 0 radical (unpaired) electrons. The van der Waals surface area contributed by atoms with Gasteiger partial charge in [0.1, 0.15) is 24.6 Å². The maximum atomic E-state index is 13.5. The highest BCUT2D eigenvalue weighted by molar-refractivity contribution is 6.06. The maximum absolute atomic E-state index is 13.5. The van der Waals surface area contributed by atoms with E-state index in [-0.39, 0.29) is 35.0 Å². The number of hydrogen-bond acceptors (Lipinski definition) is 6. The van der Waals surface area contributed by atoms with Crippen molar-refractivity contribution in [1.82, 2.24) is 14.5 Å². The van der Waals surface area contributed by atoms with Crippen LogP contribution in [0.1, 0.15) is 16.8 Å². The van der Waals surface area contributed by atoms with Crippen molar-refractivity contribution in [2.24, 2.45) is 0 Å². The number of aromatic nitrogens is 3. The van der Waals surface area contributed by atoms with E-state index in [4.69, 9.17) is 11.1 Å². The lowest BCUT2D eigenvalue weighted by Crippen LogP contribution is -2.24. The number of pyridine rings is 1. The first kappa shape index (κ1) is 20.2. The summed E-state index contributed by atoms with van der Waals surface area (Å²) in [4.78, 5) is 21.4. The molecule has 156 valence electrons. The van der Waals surface area contributed by atoms with Crippen molar-refractivity contribution in [2.75, 3.05) is 17.7 Å². The van der Waals surface area contributed by atoms with Crippen molar-refractivity contribution in [3.05, 3.63) is 88.1 Å². The average Bonchev–Trinajstić information content (AvgIpc) is 2.77. The fourth-order valence-corrected chi connectivity index (χ4v) is 3.65. The number of para-hydroxylation sites is 1. The predicted molar refractivity (Wildman–Crippen MR) is 121 cm³/mol. The number of anilines is 2. The standard InChI is InChI=1S/C23H21FN6O/c1-14-6-5-7-15-10-17(30(23(31)19(14)15)16-8-3-2-4-9-16)12-27-22-20(18(25)11-24)21(26)28-13-29-22/h2-10,13,25H,11-12H2,1H3,(H3,26,27,28,29). The van der Waals surface area contributed by atoms with E-state index in [0.717, 1.165) is 16.6 Å². The second-order valence-electron chi connectivity index (χ2n) is 7.10. The number of fused-ring (bicyclic) bond motifs is 1. The summed E-state index contributed by atoms with van der Waals surface area (Å²) in [6.45, 7) is 1.13. The Hall–Kier alpha value is -4.07. The van der Waals surface area contributed by atoms with Crippen LogP contribution < -0.4 is 16.6 Å². The Morgan fingerprint density at radius 3 is 2.68 bits per heavy atom. The molecule has 4 aromatic rings. The van der Waals surface area contributed by atoms with E-state index in [1.165, 1.54) is 6.33 Å². The summed E-state index contributed by atoms with van der Waals surface area (Å²) in [6.07, 6.45) is 1.25. The van der Waals surface area contributed by atoms with Gasteiger partial charge in [-0.3, -0.25) is 9.36 Å². The van der Waals surface area contributed by atoms with E-state index in [9.17, 15) is 9.18 Å². The van der Waals surface area contributed by atoms with E-state index in [1.54, 1.807) is 4.57 Å². The number of alkyl halides is 1. The Bertz CT molecular complexity index is 1330. The highest BCUT2D eigenvalue weighted by Crippen LogP contribution is 2.22. The molecule has 8 heteroatoms. The van der Waals surface area contributed by atoms with E-state index in [0.29, 0.717) is 11.1 Å². The van der Waals surface area contributed by atoms with Crippen LogP contribution in [-0.4, -0.2) is 26.9 Å². The van der Waals surface area contributed by atoms with Gasteiger partial charge in [0.25, 0.3) is 5.56 Å². The van der Waals surface area contributed by atoms with Crippen molar-refractivity contribution in [1.29, 1.82) is 5.41 Å². The van der Waals surface area contributed by atoms with Crippen molar-refractivity contribution in [2.45, 2.75) is 13.5 Å². The zero-order valence-electron chi connectivity index (χ0n) is 16.9. The number of nitrogen functional groups attached to an aromatic ring is 1. The molecule has 2 aromatic carbocycles. The lowest BCUT2D eigenvalue weighted by Gasteiger charge is -2.17. The van der Waals surface area contributed by atoms with Crippen molar-refractivity contribution >= 4 is 28.1 Å². The van der Waals surface area contributed by atoms with Crippen LogP contribution >= 0.6 is 0 Å². The van der Waals surface area contributed by atoms with Crippen LogP contribution in [0.4, 0.5) is 16.0 Å². The van der Waals surface area contributed by atoms with Crippen LogP contribution in [0.15, 0.2) is 65.7 Å². The molecule has 0 aliphatic carbocycles. The molecule has 0 saturated carbocycles. The SMILES string of the molecule is Cc1cccc2cc(CNc3ncnc(N)c3C(=N)CF)n(-c3ccccc3)c(=O)c12. The second kappa shape index (κ2) is 8.35. The summed E-state index contributed by atoms with van der Waals surface area (Å²) >= 11 is 0. The molecule has 0 saturated heterocycles. The van der Waals surface area contributed by atoms with Gasteiger partial charge in [-0.1, -0.05) is 36.4 Å². The largest absolute Gasteiger partial charge is 0.383 e. The minimum absolute atomic E-state index is 0.0229. The molecule has 31 heavy (non-hydrogen) atoms. The number of nitrogens with zero attached hydrogens (tertiary/aromatic N) is 3. The highest BCUT2D eigenvalue weighted by Gasteiger charge is 2.16. The minimum atomic E-state index is -0.990. The summed E-state index contributed by atoms with van der Waals surface area (Å²) in [5, 5.41) is 12.4. The van der Waals surface area contributed by atoms with Gasteiger partial charge in [0.2, 0.25) is 0 Å². The number of halogens is 1. The van der Waals surface area contributed by atoms with Gasteiger partial charge < -0.3 is 16.5 Å². The van der Waals surface area contributed by atoms with Crippen LogP contribution in [-0.2, 0) is 6.54 Å². The predicted octanol–water partition coefficient (Wildman–Crippen LogP) is 3.62. The van der Waals surface area contributed by atoms with Crippen LogP contribution in [0.3, 0.4) is 0 Å². The zero-order valence-corrected chi connectivity index (χ0v) is 16.9. The first-order valence-corrected chi connectivity index (χ1v) is 9.69. The Kier molecular flexibility index (Phi) is 5.44. The number of nitrogens with two attached hydrogens (primary N) is 1. The third-order valence-corrected chi connectivity index (χ3v) is 5.09. The normalized spacial score (nSPS) is 10.9. The molecule has 0 atom stereocenters. The monoisotopic (exact) mass is 416 g/mol. The molecule has 4 rings (SSSR count). The van der Waals surface area contributed by atoms with Gasteiger partial charge in [0.05, 0.1) is 23.2 Å². The van der Waals surface area contributed by atoms with Crippen LogP contribution in [0.5, 0.6) is 0 Å². The Morgan fingerprint density at radius 1 is 1.16 bits per heavy atom. The fraction of sp³-hybridized carbons (Fsp3) is 0.130. The van der Waals surface area contributed by atoms with Crippen LogP contribution in [0.25, 0.3) is 16.5 Å². The molecule has 7 nitrogen and oxygen atoms in total. The lowest BCUT2D eigenvalue weighted by atomic mass is 10.1. The van der Waals surface area contributed by atoms with Crippen LogP contribution in [0, 0.1) is 12.3 Å². The third kappa shape index (κ3) is 3.75. The maximum Gasteiger partial charge on any atom is 0.263 e. The van der Waals surface area contributed by atoms with Gasteiger partial charge in [-0.2, -0.15) is 0 Å². The van der Waals surface area contributed by atoms with Gasteiger partial charge in [0.15, 0.2) is 0 Å². The Labute approximate surface area is 177 Å². The average molecular weight is 416 g/mol. The summed E-state index contributed by atoms with van der Waals surface area (Å²) < 4.78 is 14.8. The van der Waals surface area contributed by atoms with Gasteiger partial charge in [0, 0.05) is 11.4 Å². The smallest absolute Gasteiger partial charge is 0.263 e. The van der Waals surface area contributed by atoms with Gasteiger partial charge in [-0.15, -0.1) is 0 Å². The number of hydrogen-bond donors (Lipinski definition) is 3. The second-order valence-corrected chi connectivity index (χ2v) is 7.10. The first-order chi connectivity index (χ1) is 15.0. The van der Waals surface area contributed by atoms with E-state index < -0.39 is 6.67 Å². The highest BCUT2D eigenvalue weighted by atomic mass is 19.1. The van der Waals surface area contributed by atoms with Crippen LogP contribution in [0.2, 0.25) is 0 Å². The Morgan fingerprint density at radius 2 is 1.94 bits per heavy atom. The number of nitrogens with one attached hydrogen (secondary N) is 2. The molecule has 0 spiro atoms. The van der Waals surface area contributed by atoms with Gasteiger partial charge in [-0.05, 0) is 36.1 Å². The van der Waals surface area contributed by atoms with Gasteiger partial charge in [-0.25, -0.2) is 14.4 Å². The molecular weight excluding hydrogens is 395 g/mol. The number of aryl methyl sites for hydroxylation is 1. The van der Waals surface area contributed by atoms with E-state index >= 15 is 0 Å². The lowest BCUT2D eigenvalue weighted by molar-refractivity contribution is 0.580. The Balaban J connectivity index is 1.85. The summed E-state index contributed by atoms with van der Waals surface area (Å²) in [7, 11) is 0. The fourth-order valence-electron chi connectivity index (χ4n) is 3.65. The van der Waals surface area contributed by atoms with Gasteiger partial charge >= 0.3 is 0 Å². The summed E-state index contributed by atoms with van der Waals surface area (Å²) in [5.41, 5.74) is 7.84. The minimum Gasteiger partial charge on any atom is -0.383 e. The molecule has 0 bridgehead atoms. The first-order valence-electron chi connectivity index (χ1n) is 9.69. The quantitative estimate of drug-likeness (QED) is 0.416. The summed E-state index contributed by atoms with van der Waals surface area (Å²) in [6, 6.07) is 17.0. The van der Waals surface area contributed by atoms with Crippen molar-refractivity contribution < 1.29 is 4.39 Å². The zero-order chi connectivity index (χ0) is 22.0. The molecule has 0 amide bonds.